The third-order valence-corrected chi connectivity index (χ3v) is 4.12. The van der Waals surface area contributed by atoms with E-state index in [0.717, 1.165) is 18.5 Å². The minimum atomic E-state index is -0.115. The van der Waals surface area contributed by atoms with E-state index in [1.54, 1.807) is 36.4 Å². The third-order valence-electron chi connectivity index (χ3n) is 4.12. The van der Waals surface area contributed by atoms with Crippen LogP contribution in [0.2, 0.25) is 0 Å². The molecule has 1 saturated heterocycles. The first kappa shape index (κ1) is 16.1. The molecule has 0 spiro atoms. The topological polar surface area (TPSA) is 93.0 Å². The van der Waals surface area contributed by atoms with E-state index in [1.807, 2.05) is 4.90 Å². The molecule has 0 bridgehead atoms. The standard InChI is InChI=1S/C16H20N6O2/c1-11(23)18-9-12-8-17-10-13(20-12)14-4-3-7-22(14)16(24)15-5-6-19-21(15)2/h5-6,8,10,14H,3-4,7,9H2,1-2H3,(H,18,23)/t14-/m0/s1. The fourth-order valence-electron chi connectivity index (χ4n) is 2.93. The van der Waals surface area contributed by atoms with Gasteiger partial charge in [-0.05, 0) is 18.9 Å². The van der Waals surface area contributed by atoms with E-state index in [4.69, 9.17) is 0 Å². The number of carbonyl (C=O) groups excluding carboxylic acids is 2. The van der Waals surface area contributed by atoms with Crippen molar-refractivity contribution in [2.75, 3.05) is 6.54 Å². The molecule has 0 aromatic carbocycles. The lowest BCUT2D eigenvalue weighted by Crippen LogP contribution is -2.32. The molecule has 8 heteroatoms. The van der Waals surface area contributed by atoms with Crippen molar-refractivity contribution in [3.8, 4) is 0 Å². The second-order valence-electron chi connectivity index (χ2n) is 5.84. The number of rotatable bonds is 4. The Morgan fingerprint density at radius 2 is 2.21 bits per heavy atom. The maximum Gasteiger partial charge on any atom is 0.272 e. The molecule has 3 heterocycles. The molecule has 24 heavy (non-hydrogen) atoms. The summed E-state index contributed by atoms with van der Waals surface area (Å²) >= 11 is 0. The van der Waals surface area contributed by atoms with Gasteiger partial charge in [-0.15, -0.1) is 0 Å². The Labute approximate surface area is 139 Å². The van der Waals surface area contributed by atoms with Crippen LogP contribution in [-0.2, 0) is 18.4 Å². The highest BCUT2D eigenvalue weighted by atomic mass is 16.2. The molecule has 1 atom stereocenters. The highest BCUT2D eigenvalue weighted by Gasteiger charge is 2.32. The van der Waals surface area contributed by atoms with Crippen molar-refractivity contribution in [1.29, 1.82) is 0 Å². The zero-order valence-electron chi connectivity index (χ0n) is 13.8. The first-order valence-corrected chi connectivity index (χ1v) is 7.90. The van der Waals surface area contributed by atoms with E-state index in [0.29, 0.717) is 24.5 Å². The zero-order chi connectivity index (χ0) is 17.1. The number of aromatic nitrogens is 4. The van der Waals surface area contributed by atoms with Gasteiger partial charge in [0.25, 0.3) is 5.91 Å². The SMILES string of the molecule is CC(=O)NCc1cncc([C@@H]2CCCN2C(=O)c2ccnn2C)n1. The first-order chi connectivity index (χ1) is 11.6. The second kappa shape index (κ2) is 6.77. The van der Waals surface area contributed by atoms with E-state index in [-0.39, 0.29) is 17.9 Å². The summed E-state index contributed by atoms with van der Waals surface area (Å²) < 4.78 is 1.58. The molecule has 2 aromatic heterocycles. The largest absolute Gasteiger partial charge is 0.351 e. The Bertz CT molecular complexity index is 757. The number of likely N-dealkylation sites (tertiary alicyclic amines) is 1. The molecule has 1 fully saturated rings. The molecule has 8 nitrogen and oxygen atoms in total. The molecule has 0 unspecified atom stereocenters. The van der Waals surface area contributed by atoms with Crippen molar-refractivity contribution in [2.24, 2.45) is 7.05 Å². The minimum absolute atomic E-state index is 0.0495. The summed E-state index contributed by atoms with van der Waals surface area (Å²) in [5.74, 6) is -0.164. The lowest BCUT2D eigenvalue weighted by atomic mass is 10.1. The van der Waals surface area contributed by atoms with Crippen molar-refractivity contribution < 1.29 is 9.59 Å². The molecule has 1 aliphatic rings. The average molecular weight is 328 g/mol. The summed E-state index contributed by atoms with van der Waals surface area (Å²) in [5.41, 5.74) is 2.00. The molecule has 2 amide bonds. The van der Waals surface area contributed by atoms with Gasteiger partial charge in [-0.2, -0.15) is 5.10 Å². The van der Waals surface area contributed by atoms with Crippen molar-refractivity contribution in [3.05, 3.63) is 41.7 Å². The van der Waals surface area contributed by atoms with Crippen LogP contribution in [0, 0.1) is 0 Å². The minimum Gasteiger partial charge on any atom is -0.351 e. The van der Waals surface area contributed by atoms with Crippen molar-refractivity contribution in [3.63, 3.8) is 0 Å². The third kappa shape index (κ3) is 3.27. The fraction of sp³-hybridized carbons (Fsp3) is 0.438. The highest BCUT2D eigenvalue weighted by Crippen LogP contribution is 2.31. The van der Waals surface area contributed by atoms with Crippen LogP contribution in [0.15, 0.2) is 24.7 Å². The van der Waals surface area contributed by atoms with Crippen LogP contribution in [0.25, 0.3) is 0 Å². The predicted molar refractivity (Wildman–Crippen MR) is 85.8 cm³/mol. The van der Waals surface area contributed by atoms with Gasteiger partial charge in [0.15, 0.2) is 0 Å². The predicted octanol–water partition coefficient (Wildman–Crippen LogP) is 0.823. The maximum atomic E-state index is 12.8. The Morgan fingerprint density at radius 1 is 1.38 bits per heavy atom. The van der Waals surface area contributed by atoms with E-state index in [1.165, 1.54) is 6.92 Å². The monoisotopic (exact) mass is 328 g/mol. The molecule has 1 aliphatic heterocycles. The summed E-state index contributed by atoms with van der Waals surface area (Å²) in [6.45, 7) is 2.48. The number of hydrogen-bond acceptors (Lipinski definition) is 5. The molecule has 0 radical (unpaired) electrons. The number of nitrogens with zero attached hydrogens (tertiary/aromatic N) is 5. The van der Waals surface area contributed by atoms with Gasteiger partial charge in [-0.1, -0.05) is 0 Å². The van der Waals surface area contributed by atoms with Gasteiger partial charge in [-0.25, -0.2) is 0 Å². The van der Waals surface area contributed by atoms with Gasteiger partial charge in [0.1, 0.15) is 5.69 Å². The highest BCUT2D eigenvalue weighted by molar-refractivity contribution is 5.93. The van der Waals surface area contributed by atoms with Crippen LogP contribution in [0.3, 0.4) is 0 Å². The van der Waals surface area contributed by atoms with Crippen LogP contribution in [-0.4, -0.2) is 43.0 Å². The molecule has 0 aliphatic carbocycles. The van der Waals surface area contributed by atoms with Crippen LogP contribution in [0.1, 0.15) is 47.7 Å². The molecule has 0 saturated carbocycles. The van der Waals surface area contributed by atoms with Crippen molar-refractivity contribution >= 4 is 11.8 Å². The Hall–Kier alpha value is -2.77. The van der Waals surface area contributed by atoms with Crippen molar-refractivity contribution in [1.82, 2.24) is 30.0 Å². The van der Waals surface area contributed by atoms with E-state index >= 15 is 0 Å². The van der Waals surface area contributed by atoms with Gasteiger partial charge in [0.05, 0.1) is 36.4 Å². The quantitative estimate of drug-likeness (QED) is 0.897. The molecule has 1 N–H and O–H groups in total. The van der Waals surface area contributed by atoms with Gasteiger partial charge in [0, 0.05) is 26.7 Å². The van der Waals surface area contributed by atoms with E-state index in [9.17, 15) is 9.59 Å². The molecule has 126 valence electrons. The molecular formula is C16H20N6O2. The summed E-state index contributed by atoms with van der Waals surface area (Å²) in [7, 11) is 1.76. The second-order valence-corrected chi connectivity index (χ2v) is 5.84. The Morgan fingerprint density at radius 3 is 2.92 bits per heavy atom. The number of hydrogen-bond donors (Lipinski definition) is 1. The summed E-state index contributed by atoms with van der Waals surface area (Å²) in [5, 5.41) is 6.77. The molecule has 3 rings (SSSR count). The first-order valence-electron chi connectivity index (χ1n) is 7.90. The van der Waals surface area contributed by atoms with Crippen LogP contribution < -0.4 is 5.32 Å². The fourth-order valence-corrected chi connectivity index (χ4v) is 2.93. The van der Waals surface area contributed by atoms with Gasteiger partial charge >= 0.3 is 0 Å². The summed E-state index contributed by atoms with van der Waals surface area (Å²) in [4.78, 5) is 34.4. The van der Waals surface area contributed by atoms with E-state index in [2.05, 4.69) is 20.4 Å². The number of amides is 2. The Kier molecular flexibility index (Phi) is 4.54. The van der Waals surface area contributed by atoms with Crippen LogP contribution >= 0.6 is 0 Å². The van der Waals surface area contributed by atoms with Gasteiger partial charge in [-0.3, -0.25) is 24.2 Å². The van der Waals surface area contributed by atoms with Gasteiger partial charge in [0.2, 0.25) is 5.91 Å². The van der Waals surface area contributed by atoms with Crippen LogP contribution in [0.4, 0.5) is 0 Å². The summed E-state index contributed by atoms with van der Waals surface area (Å²) in [6.07, 6.45) is 6.71. The smallest absolute Gasteiger partial charge is 0.272 e. The number of carbonyl (C=O) groups is 2. The molecular weight excluding hydrogens is 308 g/mol. The van der Waals surface area contributed by atoms with Crippen LogP contribution in [0.5, 0.6) is 0 Å². The zero-order valence-corrected chi connectivity index (χ0v) is 13.8. The normalized spacial score (nSPS) is 17.1. The average Bonchev–Trinajstić information content (AvgIpc) is 3.21. The van der Waals surface area contributed by atoms with Gasteiger partial charge < -0.3 is 10.2 Å². The van der Waals surface area contributed by atoms with Crippen molar-refractivity contribution in [2.45, 2.75) is 32.4 Å². The maximum absolute atomic E-state index is 12.8. The number of aryl methyl sites for hydroxylation is 1. The lowest BCUT2D eigenvalue weighted by molar-refractivity contribution is -0.119. The lowest BCUT2D eigenvalue weighted by Gasteiger charge is -2.24. The number of nitrogens with one attached hydrogen (secondary N) is 1. The molecule has 2 aromatic rings. The van der Waals surface area contributed by atoms with E-state index < -0.39 is 0 Å². The Balaban J connectivity index is 1.80. The summed E-state index contributed by atoms with van der Waals surface area (Å²) in [6, 6.07) is 1.62.